The smallest absolute Gasteiger partial charge is 0.255 e. The summed E-state index contributed by atoms with van der Waals surface area (Å²) in [5.41, 5.74) is 1.32. The van der Waals surface area contributed by atoms with Gasteiger partial charge >= 0.3 is 0 Å². The van der Waals surface area contributed by atoms with E-state index in [1.54, 1.807) is 18.2 Å². The van der Waals surface area contributed by atoms with Crippen LogP contribution in [0.4, 0.5) is 0 Å². The Kier molecular flexibility index (Phi) is 5.20. The number of amides is 1. The van der Waals surface area contributed by atoms with E-state index in [2.05, 4.69) is 19.2 Å². The van der Waals surface area contributed by atoms with Gasteiger partial charge in [0.05, 0.1) is 5.56 Å². The van der Waals surface area contributed by atoms with Crippen molar-refractivity contribution in [2.45, 2.75) is 46.6 Å². The monoisotopic (exact) mass is 249 g/mol. The van der Waals surface area contributed by atoms with Crippen molar-refractivity contribution in [1.82, 2.24) is 5.32 Å². The number of carbonyl (C=O) groups excluding carboxylic acids is 1. The zero-order chi connectivity index (χ0) is 13.7. The molecule has 1 aromatic carbocycles. The molecule has 0 radical (unpaired) electrons. The van der Waals surface area contributed by atoms with E-state index in [0.717, 1.165) is 18.4 Å². The number of aryl methyl sites for hydroxylation is 1. The minimum absolute atomic E-state index is 0.0369. The lowest BCUT2D eigenvalue weighted by Gasteiger charge is -2.22. The van der Waals surface area contributed by atoms with E-state index in [4.69, 9.17) is 0 Å². The van der Waals surface area contributed by atoms with Crippen molar-refractivity contribution in [2.24, 2.45) is 5.92 Å². The molecule has 2 N–H and O–H groups in total. The fourth-order valence-corrected chi connectivity index (χ4v) is 2.23. The van der Waals surface area contributed by atoms with Gasteiger partial charge in [0.2, 0.25) is 0 Å². The predicted molar refractivity (Wildman–Crippen MR) is 73.8 cm³/mol. The second-order valence-corrected chi connectivity index (χ2v) is 4.86. The Hall–Kier alpha value is -1.51. The SMILES string of the molecule is CCC(CC)C(C)NC(=O)c1cc(C)ccc1O. The molecule has 3 heteroatoms. The van der Waals surface area contributed by atoms with Crippen LogP contribution < -0.4 is 5.32 Å². The Bertz CT molecular complexity index is 411. The highest BCUT2D eigenvalue weighted by atomic mass is 16.3. The number of nitrogens with one attached hydrogen (secondary N) is 1. The molecule has 0 saturated carbocycles. The molecule has 18 heavy (non-hydrogen) atoms. The van der Waals surface area contributed by atoms with Gasteiger partial charge in [-0.3, -0.25) is 4.79 Å². The van der Waals surface area contributed by atoms with Crippen molar-refractivity contribution in [3.63, 3.8) is 0 Å². The molecule has 3 nitrogen and oxygen atoms in total. The van der Waals surface area contributed by atoms with Gasteiger partial charge < -0.3 is 10.4 Å². The largest absolute Gasteiger partial charge is 0.507 e. The summed E-state index contributed by atoms with van der Waals surface area (Å²) in [6.45, 7) is 8.17. The number of rotatable bonds is 5. The lowest BCUT2D eigenvalue weighted by Crippen LogP contribution is -2.37. The number of aromatic hydroxyl groups is 1. The molecule has 0 saturated heterocycles. The van der Waals surface area contributed by atoms with Crippen molar-refractivity contribution in [3.8, 4) is 5.75 Å². The molecule has 0 aromatic heterocycles. The topological polar surface area (TPSA) is 49.3 Å². The molecule has 0 aliphatic heterocycles. The van der Waals surface area contributed by atoms with Crippen molar-refractivity contribution in [1.29, 1.82) is 0 Å². The molecule has 0 bridgehead atoms. The van der Waals surface area contributed by atoms with E-state index in [9.17, 15) is 9.90 Å². The Labute approximate surface area is 109 Å². The standard InChI is InChI=1S/C15H23NO2/c1-5-12(6-2)11(4)16-15(18)13-9-10(3)7-8-14(13)17/h7-9,11-12,17H,5-6H2,1-4H3,(H,16,18). The van der Waals surface area contributed by atoms with Gasteiger partial charge in [-0.05, 0) is 31.9 Å². The average Bonchev–Trinajstić information content (AvgIpc) is 2.33. The second kappa shape index (κ2) is 6.43. The third-order valence-electron chi connectivity index (χ3n) is 3.51. The maximum absolute atomic E-state index is 12.1. The van der Waals surface area contributed by atoms with Crippen LogP contribution in [0.5, 0.6) is 5.75 Å². The van der Waals surface area contributed by atoms with Crippen LogP contribution in [-0.2, 0) is 0 Å². The van der Waals surface area contributed by atoms with Crippen LogP contribution in [0, 0.1) is 12.8 Å². The minimum atomic E-state index is -0.199. The van der Waals surface area contributed by atoms with Crippen LogP contribution in [-0.4, -0.2) is 17.1 Å². The first-order chi connectivity index (χ1) is 8.49. The molecule has 0 fully saturated rings. The van der Waals surface area contributed by atoms with Crippen molar-refractivity contribution in [3.05, 3.63) is 29.3 Å². The quantitative estimate of drug-likeness (QED) is 0.841. The summed E-state index contributed by atoms with van der Waals surface area (Å²) in [6.07, 6.45) is 2.08. The molecule has 1 unspecified atom stereocenters. The molecule has 0 heterocycles. The zero-order valence-corrected chi connectivity index (χ0v) is 11.7. The van der Waals surface area contributed by atoms with Gasteiger partial charge in [-0.15, -0.1) is 0 Å². The van der Waals surface area contributed by atoms with Crippen molar-refractivity contribution < 1.29 is 9.90 Å². The summed E-state index contributed by atoms with van der Waals surface area (Å²) in [7, 11) is 0. The Morgan fingerprint density at radius 2 is 1.94 bits per heavy atom. The molecule has 1 atom stereocenters. The predicted octanol–water partition coefficient (Wildman–Crippen LogP) is 3.26. The van der Waals surface area contributed by atoms with Gasteiger partial charge in [0.1, 0.15) is 5.75 Å². The lowest BCUT2D eigenvalue weighted by molar-refractivity contribution is 0.0922. The van der Waals surface area contributed by atoms with E-state index >= 15 is 0 Å². The minimum Gasteiger partial charge on any atom is -0.507 e. The van der Waals surface area contributed by atoms with Crippen molar-refractivity contribution in [2.75, 3.05) is 0 Å². The van der Waals surface area contributed by atoms with Gasteiger partial charge in [0.15, 0.2) is 0 Å². The third-order valence-corrected chi connectivity index (χ3v) is 3.51. The molecular formula is C15H23NO2. The first-order valence-corrected chi connectivity index (χ1v) is 6.60. The zero-order valence-electron chi connectivity index (χ0n) is 11.7. The summed E-state index contributed by atoms with van der Waals surface area (Å²) < 4.78 is 0. The van der Waals surface area contributed by atoms with E-state index in [1.807, 2.05) is 13.8 Å². The molecule has 1 rings (SSSR count). The third kappa shape index (κ3) is 3.49. The molecule has 1 amide bonds. The average molecular weight is 249 g/mol. The fraction of sp³-hybridized carbons (Fsp3) is 0.533. The van der Waals surface area contributed by atoms with Crippen LogP contribution in [0.25, 0.3) is 0 Å². The number of phenols is 1. The van der Waals surface area contributed by atoms with E-state index in [0.29, 0.717) is 11.5 Å². The summed E-state index contributed by atoms with van der Waals surface area (Å²) in [5, 5.41) is 12.7. The highest BCUT2D eigenvalue weighted by Gasteiger charge is 2.18. The molecular weight excluding hydrogens is 226 g/mol. The van der Waals surface area contributed by atoms with Crippen LogP contribution in [0.2, 0.25) is 0 Å². The Balaban J connectivity index is 2.79. The Morgan fingerprint density at radius 3 is 2.50 bits per heavy atom. The molecule has 0 aliphatic carbocycles. The lowest BCUT2D eigenvalue weighted by atomic mass is 9.95. The van der Waals surface area contributed by atoms with Gasteiger partial charge in [0, 0.05) is 6.04 Å². The van der Waals surface area contributed by atoms with Crippen LogP contribution in [0.3, 0.4) is 0 Å². The first-order valence-electron chi connectivity index (χ1n) is 6.60. The maximum Gasteiger partial charge on any atom is 0.255 e. The number of benzene rings is 1. The molecule has 0 spiro atoms. The van der Waals surface area contributed by atoms with E-state index in [-0.39, 0.29) is 17.7 Å². The van der Waals surface area contributed by atoms with Gasteiger partial charge in [0.25, 0.3) is 5.91 Å². The number of hydrogen-bond donors (Lipinski definition) is 2. The molecule has 0 aliphatic rings. The fourth-order valence-electron chi connectivity index (χ4n) is 2.23. The van der Waals surface area contributed by atoms with Crippen LogP contribution in [0.15, 0.2) is 18.2 Å². The molecule has 1 aromatic rings. The van der Waals surface area contributed by atoms with Gasteiger partial charge in [-0.2, -0.15) is 0 Å². The van der Waals surface area contributed by atoms with Gasteiger partial charge in [-0.25, -0.2) is 0 Å². The molecule has 100 valence electrons. The van der Waals surface area contributed by atoms with Crippen molar-refractivity contribution >= 4 is 5.91 Å². The van der Waals surface area contributed by atoms with Crippen LogP contribution in [0.1, 0.15) is 49.5 Å². The normalized spacial score (nSPS) is 12.5. The second-order valence-electron chi connectivity index (χ2n) is 4.86. The maximum atomic E-state index is 12.1. The number of hydrogen-bond acceptors (Lipinski definition) is 2. The highest BCUT2D eigenvalue weighted by Crippen LogP contribution is 2.19. The summed E-state index contributed by atoms with van der Waals surface area (Å²) in [5.74, 6) is 0.311. The van der Waals surface area contributed by atoms with E-state index in [1.165, 1.54) is 0 Å². The van der Waals surface area contributed by atoms with Gasteiger partial charge in [-0.1, -0.05) is 38.3 Å². The van der Waals surface area contributed by atoms with Crippen LogP contribution >= 0.6 is 0 Å². The Morgan fingerprint density at radius 1 is 1.33 bits per heavy atom. The number of phenolic OH excluding ortho intramolecular Hbond substituents is 1. The summed E-state index contributed by atoms with van der Waals surface area (Å²) >= 11 is 0. The summed E-state index contributed by atoms with van der Waals surface area (Å²) in [6, 6.07) is 5.18. The first kappa shape index (κ1) is 14.6. The highest BCUT2D eigenvalue weighted by molar-refractivity contribution is 5.97. The number of carbonyl (C=O) groups is 1. The summed E-state index contributed by atoms with van der Waals surface area (Å²) in [4.78, 5) is 12.1. The van der Waals surface area contributed by atoms with E-state index < -0.39 is 0 Å².